The Balaban J connectivity index is 1.65. The standard InChI is InChI=1S/C20H25FN4O4/c1-2-23(19(26)27)12-16-13-25(20(28)29-16)15-3-4-18(17(21)11-15)24-9-6-14(5-8-22)7-10-24/h3-4,11,14,16H,2,5-7,9-10,12-13H2,1H3,(H,26,27)/t16-/m0/s1. The second-order valence-corrected chi connectivity index (χ2v) is 7.37. The first-order valence-corrected chi connectivity index (χ1v) is 9.80. The van der Waals surface area contributed by atoms with E-state index in [0.717, 1.165) is 12.8 Å². The minimum absolute atomic E-state index is 0.0757. The molecular formula is C20H25FN4O4. The fraction of sp³-hybridized carbons (Fsp3) is 0.550. The van der Waals surface area contributed by atoms with Gasteiger partial charge < -0.3 is 19.6 Å². The van der Waals surface area contributed by atoms with Gasteiger partial charge in [0.2, 0.25) is 0 Å². The van der Waals surface area contributed by atoms with Gasteiger partial charge in [0.15, 0.2) is 0 Å². The molecule has 0 spiro atoms. The molecule has 9 heteroatoms. The van der Waals surface area contributed by atoms with Crippen LogP contribution in [-0.2, 0) is 4.74 Å². The number of amides is 2. The Kier molecular flexibility index (Phi) is 6.42. The highest BCUT2D eigenvalue weighted by atomic mass is 19.1. The average molecular weight is 404 g/mol. The van der Waals surface area contributed by atoms with Crippen molar-refractivity contribution in [2.45, 2.75) is 32.3 Å². The van der Waals surface area contributed by atoms with E-state index in [1.54, 1.807) is 19.1 Å². The Morgan fingerprint density at radius 1 is 1.41 bits per heavy atom. The predicted molar refractivity (Wildman–Crippen MR) is 104 cm³/mol. The Morgan fingerprint density at radius 3 is 2.72 bits per heavy atom. The van der Waals surface area contributed by atoms with E-state index in [1.165, 1.54) is 15.9 Å². The third-order valence-corrected chi connectivity index (χ3v) is 5.53. The average Bonchev–Trinajstić information content (AvgIpc) is 3.07. The van der Waals surface area contributed by atoms with Crippen molar-refractivity contribution < 1.29 is 23.8 Å². The molecule has 0 aliphatic carbocycles. The molecule has 1 atom stereocenters. The Hall–Kier alpha value is -3.02. The smallest absolute Gasteiger partial charge is 0.414 e. The maximum atomic E-state index is 14.8. The number of carbonyl (C=O) groups is 2. The van der Waals surface area contributed by atoms with E-state index < -0.39 is 24.1 Å². The Labute approximate surface area is 169 Å². The van der Waals surface area contributed by atoms with Crippen LogP contribution in [-0.4, -0.2) is 61.0 Å². The summed E-state index contributed by atoms with van der Waals surface area (Å²) in [5.74, 6) is -0.0541. The van der Waals surface area contributed by atoms with Crippen LogP contribution in [0.5, 0.6) is 0 Å². The number of piperidine rings is 1. The van der Waals surface area contributed by atoms with Gasteiger partial charge in [-0.1, -0.05) is 0 Å². The molecule has 2 amide bonds. The molecule has 0 unspecified atom stereocenters. The van der Waals surface area contributed by atoms with Gasteiger partial charge in [-0.15, -0.1) is 0 Å². The number of carboxylic acid groups (broad SMARTS) is 1. The van der Waals surface area contributed by atoms with Gasteiger partial charge in [-0.3, -0.25) is 4.90 Å². The van der Waals surface area contributed by atoms with E-state index in [2.05, 4.69) is 6.07 Å². The normalized spacial score (nSPS) is 19.8. The van der Waals surface area contributed by atoms with Crippen LogP contribution in [0, 0.1) is 23.1 Å². The van der Waals surface area contributed by atoms with Crippen LogP contribution < -0.4 is 9.80 Å². The summed E-state index contributed by atoms with van der Waals surface area (Å²) in [6, 6.07) is 6.85. The van der Waals surface area contributed by atoms with Crippen molar-refractivity contribution in [2.24, 2.45) is 5.92 Å². The summed E-state index contributed by atoms with van der Waals surface area (Å²) in [5, 5.41) is 17.9. The summed E-state index contributed by atoms with van der Waals surface area (Å²) >= 11 is 0. The van der Waals surface area contributed by atoms with Gasteiger partial charge >= 0.3 is 12.2 Å². The molecule has 1 aromatic carbocycles. The molecule has 0 radical (unpaired) electrons. The molecule has 8 nitrogen and oxygen atoms in total. The Bertz CT molecular complexity index is 804. The Morgan fingerprint density at radius 2 is 2.14 bits per heavy atom. The second-order valence-electron chi connectivity index (χ2n) is 7.37. The van der Waals surface area contributed by atoms with Crippen LogP contribution >= 0.6 is 0 Å². The first kappa shape index (κ1) is 20.7. The molecule has 2 fully saturated rings. The molecule has 2 aliphatic rings. The third kappa shape index (κ3) is 4.70. The maximum Gasteiger partial charge on any atom is 0.414 e. The van der Waals surface area contributed by atoms with E-state index >= 15 is 0 Å². The highest BCUT2D eigenvalue weighted by Gasteiger charge is 2.34. The zero-order chi connectivity index (χ0) is 21.0. The summed E-state index contributed by atoms with van der Waals surface area (Å²) in [6.07, 6.45) is -0.0406. The molecule has 1 aromatic rings. The quantitative estimate of drug-likeness (QED) is 0.782. The summed E-state index contributed by atoms with van der Waals surface area (Å²) in [5.41, 5.74) is 0.868. The predicted octanol–water partition coefficient (Wildman–Crippen LogP) is 3.28. The largest absolute Gasteiger partial charge is 0.465 e. The summed E-state index contributed by atoms with van der Waals surface area (Å²) in [6.45, 7) is 3.63. The molecule has 1 N–H and O–H groups in total. The number of rotatable bonds is 6. The molecule has 2 saturated heterocycles. The number of ether oxygens (including phenoxy) is 1. The summed E-state index contributed by atoms with van der Waals surface area (Å²) in [4.78, 5) is 27.8. The number of cyclic esters (lactones) is 1. The van der Waals surface area contributed by atoms with Crippen molar-refractivity contribution in [3.05, 3.63) is 24.0 Å². The monoisotopic (exact) mass is 404 g/mol. The van der Waals surface area contributed by atoms with Crippen LogP contribution in [0.2, 0.25) is 0 Å². The minimum atomic E-state index is -1.07. The van der Waals surface area contributed by atoms with Gasteiger partial charge in [-0.2, -0.15) is 5.26 Å². The second kappa shape index (κ2) is 8.99. The zero-order valence-electron chi connectivity index (χ0n) is 16.4. The lowest BCUT2D eigenvalue weighted by molar-refractivity contribution is 0.0987. The molecule has 2 heterocycles. The van der Waals surface area contributed by atoms with E-state index in [4.69, 9.17) is 15.1 Å². The lowest BCUT2D eigenvalue weighted by atomic mass is 9.94. The van der Waals surface area contributed by atoms with Crippen LogP contribution in [0.1, 0.15) is 26.2 Å². The number of hydrogen-bond donors (Lipinski definition) is 1. The number of halogens is 1. The lowest BCUT2D eigenvalue weighted by Crippen LogP contribution is -2.38. The van der Waals surface area contributed by atoms with E-state index in [-0.39, 0.29) is 19.6 Å². The van der Waals surface area contributed by atoms with Crippen molar-refractivity contribution in [1.82, 2.24) is 4.90 Å². The zero-order valence-corrected chi connectivity index (χ0v) is 16.4. The molecule has 29 heavy (non-hydrogen) atoms. The van der Waals surface area contributed by atoms with Gasteiger partial charge in [0, 0.05) is 26.1 Å². The van der Waals surface area contributed by atoms with Gasteiger partial charge in [-0.25, -0.2) is 14.0 Å². The highest BCUT2D eigenvalue weighted by Crippen LogP contribution is 2.31. The van der Waals surface area contributed by atoms with Crippen molar-refractivity contribution in [3.8, 4) is 6.07 Å². The van der Waals surface area contributed by atoms with Gasteiger partial charge in [-0.05, 0) is 43.9 Å². The molecule has 0 saturated carbocycles. The highest BCUT2D eigenvalue weighted by molar-refractivity contribution is 5.90. The van der Waals surface area contributed by atoms with Crippen LogP contribution in [0.25, 0.3) is 0 Å². The number of hydrogen-bond acceptors (Lipinski definition) is 5. The van der Waals surface area contributed by atoms with E-state index in [0.29, 0.717) is 36.8 Å². The first-order valence-electron chi connectivity index (χ1n) is 9.80. The van der Waals surface area contributed by atoms with Crippen molar-refractivity contribution in [1.29, 1.82) is 5.26 Å². The molecule has 156 valence electrons. The first-order chi connectivity index (χ1) is 13.9. The maximum absolute atomic E-state index is 14.8. The number of nitriles is 1. The molecule has 2 aliphatic heterocycles. The molecule has 0 bridgehead atoms. The topological polar surface area (TPSA) is 97.1 Å². The van der Waals surface area contributed by atoms with E-state index in [1.807, 2.05) is 4.90 Å². The number of likely N-dealkylation sites (N-methyl/N-ethyl adjacent to an activating group) is 1. The molecule has 0 aromatic heterocycles. The third-order valence-electron chi connectivity index (χ3n) is 5.53. The van der Waals surface area contributed by atoms with Crippen LogP contribution in [0.4, 0.5) is 25.4 Å². The molecule has 3 rings (SSSR count). The summed E-state index contributed by atoms with van der Waals surface area (Å²) in [7, 11) is 0. The van der Waals surface area contributed by atoms with E-state index in [9.17, 15) is 14.0 Å². The molecular weight excluding hydrogens is 379 g/mol. The lowest BCUT2D eigenvalue weighted by Gasteiger charge is -2.33. The minimum Gasteiger partial charge on any atom is -0.465 e. The number of anilines is 2. The summed E-state index contributed by atoms with van der Waals surface area (Å²) < 4.78 is 20.0. The van der Waals surface area contributed by atoms with Gasteiger partial charge in [0.25, 0.3) is 0 Å². The van der Waals surface area contributed by atoms with Crippen LogP contribution in [0.15, 0.2) is 18.2 Å². The van der Waals surface area contributed by atoms with Crippen molar-refractivity contribution in [2.75, 3.05) is 42.5 Å². The van der Waals surface area contributed by atoms with Gasteiger partial charge in [0.1, 0.15) is 11.9 Å². The SMILES string of the molecule is CCN(C[C@H]1CN(c2ccc(N3CCC(CC#N)CC3)c(F)c2)C(=O)O1)C(=O)O. The van der Waals surface area contributed by atoms with Gasteiger partial charge in [0.05, 0.1) is 30.5 Å². The van der Waals surface area contributed by atoms with Crippen molar-refractivity contribution >= 4 is 23.6 Å². The number of carbonyl (C=O) groups excluding carboxylic acids is 1. The number of benzene rings is 1. The number of nitrogens with zero attached hydrogens (tertiary/aromatic N) is 4. The van der Waals surface area contributed by atoms with Crippen molar-refractivity contribution in [3.63, 3.8) is 0 Å². The fourth-order valence-electron chi connectivity index (χ4n) is 3.84. The fourth-order valence-corrected chi connectivity index (χ4v) is 3.84. The van der Waals surface area contributed by atoms with Crippen LogP contribution in [0.3, 0.4) is 0 Å².